The quantitative estimate of drug-likeness (QED) is 0.534. The first kappa shape index (κ1) is 11.4. The Morgan fingerprint density at radius 2 is 1.92 bits per heavy atom. The molecule has 0 bridgehead atoms. The summed E-state index contributed by atoms with van der Waals surface area (Å²) >= 11 is 0. The van der Waals surface area contributed by atoms with Crippen LogP contribution >= 0.6 is 0 Å². The third kappa shape index (κ3) is 6.12. The minimum atomic E-state index is -1.21. The monoisotopic (exact) mass is 175 g/mol. The number of nitrogens with zero attached hydrogens (tertiary/aromatic N) is 1. The molecule has 0 fully saturated rings. The molecule has 4 nitrogen and oxygen atoms in total. The van der Waals surface area contributed by atoms with Gasteiger partial charge < -0.3 is 19.5 Å². The van der Waals surface area contributed by atoms with Crippen LogP contribution in [0.5, 0.6) is 0 Å². The molecule has 1 atom stereocenters. The van der Waals surface area contributed by atoms with Crippen molar-refractivity contribution in [1.29, 1.82) is 0 Å². The summed E-state index contributed by atoms with van der Waals surface area (Å²) in [5.74, 6) is -1.21. The van der Waals surface area contributed by atoms with Gasteiger partial charge in [-0.05, 0) is 6.92 Å². The van der Waals surface area contributed by atoms with E-state index in [1.54, 1.807) is 0 Å². The van der Waals surface area contributed by atoms with Crippen molar-refractivity contribution in [3.05, 3.63) is 0 Å². The van der Waals surface area contributed by atoms with Crippen LogP contribution < -0.4 is 5.11 Å². The van der Waals surface area contributed by atoms with Crippen LogP contribution in [0, 0.1) is 0 Å². The van der Waals surface area contributed by atoms with E-state index in [1.807, 2.05) is 21.1 Å². The number of likely N-dealkylation sites (N-methyl/N-ethyl adjacent to an activating group) is 1. The number of carbonyl (C=O) groups is 1. The second-order valence-corrected chi connectivity index (χ2v) is 4.49. The summed E-state index contributed by atoms with van der Waals surface area (Å²) in [4.78, 5) is 10.2. The van der Waals surface area contributed by atoms with Gasteiger partial charge in [-0.3, -0.25) is 0 Å². The highest BCUT2D eigenvalue weighted by atomic mass is 16.4. The van der Waals surface area contributed by atoms with Gasteiger partial charge in [-0.25, -0.2) is 0 Å². The van der Waals surface area contributed by atoms with Crippen molar-refractivity contribution >= 4 is 5.97 Å². The van der Waals surface area contributed by atoms with Crippen molar-refractivity contribution in [1.82, 2.24) is 0 Å². The number of aliphatic carboxylic acids is 1. The van der Waals surface area contributed by atoms with Crippen LogP contribution in [0.15, 0.2) is 0 Å². The van der Waals surface area contributed by atoms with Crippen LogP contribution in [0.3, 0.4) is 0 Å². The molecule has 0 spiro atoms. The van der Waals surface area contributed by atoms with Gasteiger partial charge in [0.25, 0.3) is 0 Å². The minimum Gasteiger partial charge on any atom is -0.550 e. The molecule has 0 rings (SSSR count). The van der Waals surface area contributed by atoms with Crippen molar-refractivity contribution in [2.45, 2.75) is 18.9 Å². The number of carboxylic acids is 1. The van der Waals surface area contributed by atoms with E-state index in [0.717, 1.165) is 0 Å². The standard InChI is InChI=1S/C8H17NO3/c1-8(12,5-7(10)11)6-9(2,3)4/h12H,5-6H2,1-4H3. The Labute approximate surface area is 73.0 Å². The molecule has 0 aromatic rings. The predicted molar refractivity (Wildman–Crippen MR) is 43.1 cm³/mol. The molecule has 0 heterocycles. The molecule has 1 N–H and O–H groups in total. The first-order valence-corrected chi connectivity index (χ1v) is 3.85. The van der Waals surface area contributed by atoms with Crippen LogP contribution in [0.1, 0.15) is 13.3 Å². The molecule has 0 saturated carbocycles. The smallest absolute Gasteiger partial charge is 0.116 e. The second kappa shape index (κ2) is 3.41. The molecule has 4 heteroatoms. The normalized spacial score (nSPS) is 17.1. The van der Waals surface area contributed by atoms with Crippen LogP contribution in [0.2, 0.25) is 0 Å². The second-order valence-electron chi connectivity index (χ2n) is 4.49. The Hall–Kier alpha value is -0.610. The minimum absolute atomic E-state index is 0.317. The molecule has 1 unspecified atom stereocenters. The lowest BCUT2D eigenvalue weighted by Gasteiger charge is -2.33. The van der Waals surface area contributed by atoms with Gasteiger partial charge in [-0.15, -0.1) is 0 Å². The fourth-order valence-corrected chi connectivity index (χ4v) is 1.39. The molecule has 0 aliphatic heterocycles. The maximum absolute atomic E-state index is 10.2. The molecule has 0 aromatic heterocycles. The number of quaternary nitrogens is 1. The maximum atomic E-state index is 10.2. The van der Waals surface area contributed by atoms with Crippen molar-refractivity contribution in [3.8, 4) is 0 Å². The van der Waals surface area contributed by atoms with Gasteiger partial charge in [-0.2, -0.15) is 0 Å². The van der Waals surface area contributed by atoms with Crippen molar-refractivity contribution in [2.75, 3.05) is 27.7 Å². The first-order valence-electron chi connectivity index (χ1n) is 3.85. The van der Waals surface area contributed by atoms with Gasteiger partial charge in [-0.1, -0.05) is 0 Å². The fourth-order valence-electron chi connectivity index (χ4n) is 1.39. The lowest BCUT2D eigenvalue weighted by Crippen LogP contribution is -2.50. The number of hydrogen-bond acceptors (Lipinski definition) is 3. The third-order valence-corrected chi connectivity index (χ3v) is 1.34. The summed E-state index contributed by atoms with van der Waals surface area (Å²) in [5.41, 5.74) is -1.18. The van der Waals surface area contributed by atoms with E-state index in [-0.39, 0.29) is 6.42 Å². The zero-order valence-electron chi connectivity index (χ0n) is 8.13. The van der Waals surface area contributed by atoms with E-state index < -0.39 is 11.6 Å². The van der Waals surface area contributed by atoms with Crippen molar-refractivity contribution < 1.29 is 19.5 Å². The number of aliphatic hydroxyl groups is 1. The largest absolute Gasteiger partial charge is 0.550 e. The Bertz CT molecular complexity index is 170. The summed E-state index contributed by atoms with van der Waals surface area (Å²) in [7, 11) is 5.68. The molecule has 0 radical (unpaired) electrons. The first-order chi connectivity index (χ1) is 5.12. The highest BCUT2D eigenvalue weighted by molar-refractivity contribution is 5.65. The summed E-state index contributed by atoms with van der Waals surface area (Å²) in [6, 6.07) is 0. The Kier molecular flexibility index (Phi) is 3.24. The Balaban J connectivity index is 4.13. The average Bonchev–Trinajstić information content (AvgIpc) is 1.48. The third-order valence-electron chi connectivity index (χ3n) is 1.34. The van der Waals surface area contributed by atoms with Gasteiger partial charge in [0, 0.05) is 12.4 Å². The van der Waals surface area contributed by atoms with E-state index >= 15 is 0 Å². The summed E-state index contributed by atoms with van der Waals surface area (Å²) < 4.78 is 0.528. The lowest BCUT2D eigenvalue weighted by atomic mass is 10.0. The zero-order valence-corrected chi connectivity index (χ0v) is 8.13. The van der Waals surface area contributed by atoms with Gasteiger partial charge in [0.05, 0.1) is 21.1 Å². The van der Waals surface area contributed by atoms with E-state index in [2.05, 4.69) is 0 Å². The van der Waals surface area contributed by atoms with Gasteiger partial charge in [0.15, 0.2) is 0 Å². The molecule has 0 aliphatic carbocycles. The highest BCUT2D eigenvalue weighted by Crippen LogP contribution is 2.12. The Morgan fingerprint density at radius 3 is 2.17 bits per heavy atom. The van der Waals surface area contributed by atoms with Crippen LogP contribution in [-0.2, 0) is 4.79 Å². The van der Waals surface area contributed by atoms with E-state index in [4.69, 9.17) is 0 Å². The molecule has 72 valence electrons. The molecule has 12 heavy (non-hydrogen) atoms. The van der Waals surface area contributed by atoms with Crippen LogP contribution in [0.4, 0.5) is 0 Å². The van der Waals surface area contributed by atoms with Crippen molar-refractivity contribution in [2.24, 2.45) is 0 Å². The number of carbonyl (C=O) groups excluding carboxylic acids is 1. The highest BCUT2D eigenvalue weighted by Gasteiger charge is 2.28. The Morgan fingerprint density at radius 1 is 1.50 bits per heavy atom. The topological polar surface area (TPSA) is 60.4 Å². The van der Waals surface area contributed by atoms with E-state index in [1.165, 1.54) is 6.92 Å². The van der Waals surface area contributed by atoms with Gasteiger partial charge in [0.2, 0.25) is 0 Å². The average molecular weight is 175 g/mol. The van der Waals surface area contributed by atoms with Crippen LogP contribution in [-0.4, -0.2) is 48.8 Å². The van der Waals surface area contributed by atoms with Crippen molar-refractivity contribution in [3.63, 3.8) is 0 Å². The lowest BCUT2D eigenvalue weighted by molar-refractivity contribution is -0.876. The number of carboxylic acid groups (broad SMARTS) is 1. The summed E-state index contributed by atoms with van der Waals surface area (Å²) in [5, 5.41) is 19.8. The predicted octanol–water partition coefficient (Wildman–Crippen LogP) is -1.42. The zero-order chi connectivity index (χ0) is 9.99. The SMILES string of the molecule is CC(O)(CC(=O)[O-])C[N+](C)(C)C. The molecule has 0 aliphatic rings. The summed E-state index contributed by atoms with van der Waals surface area (Å²) in [6.07, 6.45) is -0.317. The van der Waals surface area contributed by atoms with E-state index in [9.17, 15) is 15.0 Å². The fraction of sp³-hybridized carbons (Fsp3) is 0.875. The molecular weight excluding hydrogens is 158 g/mol. The van der Waals surface area contributed by atoms with E-state index in [0.29, 0.717) is 11.0 Å². The molecule has 0 saturated heterocycles. The molecular formula is C8H17NO3. The van der Waals surface area contributed by atoms with Gasteiger partial charge in [0.1, 0.15) is 12.1 Å². The number of hydrogen-bond donors (Lipinski definition) is 1. The molecule has 0 aromatic carbocycles. The van der Waals surface area contributed by atoms with Gasteiger partial charge >= 0.3 is 0 Å². The molecule has 0 amide bonds. The van der Waals surface area contributed by atoms with Crippen LogP contribution in [0.25, 0.3) is 0 Å². The summed E-state index contributed by atoms with van der Waals surface area (Å²) in [6.45, 7) is 1.90. The maximum Gasteiger partial charge on any atom is 0.116 e. The number of rotatable bonds is 4.